The van der Waals surface area contributed by atoms with Crippen LogP contribution in [-0.2, 0) is 11.2 Å². The number of benzene rings is 1. The summed E-state index contributed by atoms with van der Waals surface area (Å²) >= 11 is 0. The van der Waals surface area contributed by atoms with E-state index in [1.165, 1.54) is 12.1 Å². The average molecular weight is 232 g/mol. The highest BCUT2D eigenvalue weighted by atomic mass is 19.1. The normalized spacial score (nSPS) is 23.3. The third-order valence-corrected chi connectivity index (χ3v) is 2.66. The van der Waals surface area contributed by atoms with Crippen molar-refractivity contribution in [3.05, 3.63) is 35.6 Å². The van der Waals surface area contributed by atoms with Crippen molar-refractivity contribution < 1.29 is 9.18 Å². The molecule has 0 saturated carbocycles. The van der Waals surface area contributed by atoms with Gasteiger partial charge in [0.15, 0.2) is 0 Å². The van der Waals surface area contributed by atoms with Crippen LogP contribution >= 0.6 is 0 Å². The zero-order chi connectivity index (χ0) is 12.3. The van der Waals surface area contributed by atoms with E-state index in [1.54, 1.807) is 25.3 Å². The van der Waals surface area contributed by atoms with Crippen LogP contribution in [0.1, 0.15) is 12.5 Å². The molecular formula is C13H13FN2O. The molecule has 0 saturated heterocycles. The smallest absolute Gasteiger partial charge is 0.149 e. The molecule has 1 atom stereocenters. The lowest BCUT2D eigenvalue weighted by Crippen LogP contribution is -2.33. The van der Waals surface area contributed by atoms with Gasteiger partial charge in [0.1, 0.15) is 17.6 Å². The lowest BCUT2D eigenvalue weighted by atomic mass is 10.0. The number of carbonyl (C=O) groups is 1. The van der Waals surface area contributed by atoms with Crippen molar-refractivity contribution in [1.82, 2.24) is 0 Å². The number of halogens is 1. The highest BCUT2D eigenvalue weighted by Gasteiger charge is 2.24. The van der Waals surface area contributed by atoms with E-state index in [4.69, 9.17) is 0 Å². The number of hydrogen-bond acceptors (Lipinski definition) is 3. The van der Waals surface area contributed by atoms with Crippen molar-refractivity contribution in [3.63, 3.8) is 0 Å². The van der Waals surface area contributed by atoms with Crippen molar-refractivity contribution in [2.75, 3.05) is 6.54 Å². The Morgan fingerprint density at radius 2 is 2.12 bits per heavy atom. The summed E-state index contributed by atoms with van der Waals surface area (Å²) < 4.78 is 12.7. The summed E-state index contributed by atoms with van der Waals surface area (Å²) in [5.74, 6) is -0.249. The lowest BCUT2D eigenvalue weighted by Gasteiger charge is -2.19. The highest BCUT2D eigenvalue weighted by molar-refractivity contribution is 6.32. The number of hydrogen-bond donors (Lipinski definition) is 0. The zero-order valence-electron chi connectivity index (χ0n) is 9.56. The molecule has 0 aromatic heterocycles. The van der Waals surface area contributed by atoms with E-state index >= 15 is 0 Å². The number of aldehydes is 1. The van der Waals surface area contributed by atoms with Gasteiger partial charge in [-0.15, -0.1) is 0 Å². The second-order valence-electron chi connectivity index (χ2n) is 4.34. The van der Waals surface area contributed by atoms with Crippen molar-refractivity contribution in [3.8, 4) is 0 Å². The van der Waals surface area contributed by atoms with Gasteiger partial charge in [-0.3, -0.25) is 9.98 Å². The van der Waals surface area contributed by atoms with Crippen LogP contribution in [0.2, 0.25) is 0 Å². The summed E-state index contributed by atoms with van der Waals surface area (Å²) in [5, 5.41) is 0. The maximum atomic E-state index is 12.7. The van der Waals surface area contributed by atoms with Crippen LogP contribution in [0.25, 0.3) is 0 Å². The van der Waals surface area contributed by atoms with Gasteiger partial charge in [0.2, 0.25) is 0 Å². The first-order chi connectivity index (χ1) is 8.11. The van der Waals surface area contributed by atoms with Crippen molar-refractivity contribution >= 4 is 18.2 Å². The molecule has 88 valence electrons. The predicted molar refractivity (Wildman–Crippen MR) is 65.4 cm³/mol. The van der Waals surface area contributed by atoms with Gasteiger partial charge in [0.25, 0.3) is 0 Å². The number of nitrogens with zero attached hydrogens (tertiary/aromatic N) is 2. The minimum Gasteiger partial charge on any atom is -0.301 e. The Bertz CT molecular complexity index is 479. The van der Waals surface area contributed by atoms with Gasteiger partial charge in [-0.2, -0.15) is 0 Å². The van der Waals surface area contributed by atoms with Crippen LogP contribution in [0.5, 0.6) is 0 Å². The summed E-state index contributed by atoms with van der Waals surface area (Å²) in [5.41, 5.74) is 1.08. The van der Waals surface area contributed by atoms with E-state index in [1.807, 2.05) is 0 Å². The SMILES string of the molecule is C[C@@]1(C=O)CN=C(Cc2ccc(F)cc2)C=N1. The van der Waals surface area contributed by atoms with Crippen LogP contribution in [0, 0.1) is 5.82 Å². The van der Waals surface area contributed by atoms with Crippen LogP contribution in [-0.4, -0.2) is 30.3 Å². The first kappa shape index (κ1) is 11.6. The van der Waals surface area contributed by atoms with E-state index < -0.39 is 5.54 Å². The zero-order valence-corrected chi connectivity index (χ0v) is 9.56. The first-order valence-electron chi connectivity index (χ1n) is 5.41. The standard InChI is InChI=1S/C13H13FN2O/c1-13(9-17)8-15-12(7-16-13)6-10-2-4-11(14)5-3-10/h2-5,7,9H,6,8H2,1H3/t13-/m0/s1. The molecule has 3 nitrogen and oxygen atoms in total. The fourth-order valence-electron chi connectivity index (χ4n) is 1.55. The molecule has 1 aliphatic heterocycles. The molecule has 4 heteroatoms. The van der Waals surface area contributed by atoms with Crippen molar-refractivity contribution in [2.45, 2.75) is 18.9 Å². The molecular weight excluding hydrogens is 219 g/mol. The Balaban J connectivity index is 2.05. The quantitative estimate of drug-likeness (QED) is 0.733. The Hall–Kier alpha value is -1.84. The molecule has 0 N–H and O–H groups in total. The molecule has 0 bridgehead atoms. The maximum Gasteiger partial charge on any atom is 0.149 e. The molecule has 0 spiro atoms. The van der Waals surface area contributed by atoms with E-state index in [0.29, 0.717) is 13.0 Å². The van der Waals surface area contributed by atoms with E-state index in [0.717, 1.165) is 17.6 Å². The van der Waals surface area contributed by atoms with Gasteiger partial charge < -0.3 is 4.79 Å². The van der Waals surface area contributed by atoms with Crippen LogP contribution in [0.4, 0.5) is 4.39 Å². The second kappa shape index (κ2) is 4.57. The summed E-state index contributed by atoms with van der Waals surface area (Å²) in [6, 6.07) is 6.29. The third kappa shape index (κ3) is 2.84. The van der Waals surface area contributed by atoms with E-state index in [-0.39, 0.29) is 5.82 Å². The lowest BCUT2D eigenvalue weighted by molar-refractivity contribution is -0.111. The molecule has 17 heavy (non-hydrogen) atoms. The van der Waals surface area contributed by atoms with E-state index in [2.05, 4.69) is 9.98 Å². The van der Waals surface area contributed by atoms with Crippen LogP contribution in [0.15, 0.2) is 34.3 Å². The molecule has 1 aromatic carbocycles. The van der Waals surface area contributed by atoms with E-state index in [9.17, 15) is 9.18 Å². The Morgan fingerprint density at radius 3 is 2.65 bits per heavy atom. The molecule has 2 rings (SSSR count). The highest BCUT2D eigenvalue weighted by Crippen LogP contribution is 2.12. The average Bonchev–Trinajstić information content (AvgIpc) is 2.35. The summed E-state index contributed by atoms with van der Waals surface area (Å²) in [7, 11) is 0. The number of aliphatic imine (C=N–C) groups is 2. The molecule has 0 amide bonds. The molecule has 0 radical (unpaired) electrons. The Labute approximate surface area is 99.1 Å². The molecule has 1 heterocycles. The number of carbonyl (C=O) groups excluding carboxylic acids is 1. The van der Waals surface area contributed by atoms with Crippen molar-refractivity contribution in [2.24, 2.45) is 9.98 Å². The third-order valence-electron chi connectivity index (χ3n) is 2.66. The fraction of sp³-hybridized carbons (Fsp3) is 0.308. The summed E-state index contributed by atoms with van der Waals surface area (Å²) in [6.45, 7) is 2.12. The molecule has 1 aromatic rings. The molecule has 0 aliphatic carbocycles. The summed E-state index contributed by atoms with van der Waals surface area (Å²) in [4.78, 5) is 19.3. The maximum absolute atomic E-state index is 12.7. The monoisotopic (exact) mass is 232 g/mol. The Morgan fingerprint density at radius 1 is 1.41 bits per heavy atom. The predicted octanol–water partition coefficient (Wildman–Crippen LogP) is 1.85. The minimum absolute atomic E-state index is 0.249. The van der Waals surface area contributed by atoms with Gasteiger partial charge in [-0.1, -0.05) is 12.1 Å². The second-order valence-corrected chi connectivity index (χ2v) is 4.34. The minimum atomic E-state index is -0.716. The van der Waals surface area contributed by atoms with Gasteiger partial charge in [0.05, 0.1) is 12.3 Å². The van der Waals surface area contributed by atoms with Gasteiger partial charge >= 0.3 is 0 Å². The van der Waals surface area contributed by atoms with Crippen LogP contribution in [0.3, 0.4) is 0 Å². The van der Waals surface area contributed by atoms with Gasteiger partial charge in [0, 0.05) is 12.6 Å². The topological polar surface area (TPSA) is 41.8 Å². The molecule has 1 aliphatic rings. The van der Waals surface area contributed by atoms with Crippen LogP contribution < -0.4 is 0 Å². The van der Waals surface area contributed by atoms with Gasteiger partial charge in [-0.05, 0) is 24.6 Å². The Kier molecular flexibility index (Phi) is 3.13. The fourth-order valence-corrected chi connectivity index (χ4v) is 1.55. The largest absolute Gasteiger partial charge is 0.301 e. The van der Waals surface area contributed by atoms with Gasteiger partial charge in [-0.25, -0.2) is 4.39 Å². The molecule has 0 unspecified atom stereocenters. The van der Waals surface area contributed by atoms with Crippen molar-refractivity contribution in [1.29, 1.82) is 0 Å². The summed E-state index contributed by atoms with van der Waals surface area (Å²) in [6.07, 6.45) is 3.04. The molecule has 0 fully saturated rings. The first-order valence-corrected chi connectivity index (χ1v) is 5.41. The number of rotatable bonds is 3.